The Morgan fingerprint density at radius 1 is 0.784 bits per heavy atom. The van der Waals surface area contributed by atoms with Crippen molar-refractivity contribution in [3.8, 4) is 28.0 Å². The molecule has 5 rings (SSSR count). The minimum atomic E-state index is -0.0270. The average molecular weight is 512 g/mol. The topological polar surface area (TPSA) is 58.8 Å². The van der Waals surface area contributed by atoms with Crippen LogP contribution in [0.5, 0.6) is 5.75 Å². The largest absolute Gasteiger partial charge is 0.482 e. The summed E-state index contributed by atoms with van der Waals surface area (Å²) in [6, 6.07) is 31.8. The van der Waals surface area contributed by atoms with Gasteiger partial charge in [0.2, 0.25) is 0 Å². The zero-order valence-corrected chi connectivity index (χ0v) is 21.4. The number of amides is 1. The van der Waals surface area contributed by atoms with Crippen LogP contribution < -0.4 is 10.5 Å². The third-order valence-corrected chi connectivity index (χ3v) is 6.92. The summed E-state index contributed by atoms with van der Waals surface area (Å²) in [5.41, 5.74) is 11.9. The Hall–Kier alpha value is -3.80. The fraction of sp³-hybridized carbons (Fsp3) is 0.194. The third-order valence-electron chi connectivity index (χ3n) is 6.67. The van der Waals surface area contributed by atoms with Gasteiger partial charge in [-0.05, 0) is 41.0 Å². The predicted molar refractivity (Wildman–Crippen MR) is 151 cm³/mol. The molecule has 1 aliphatic rings. The summed E-state index contributed by atoms with van der Waals surface area (Å²) >= 11 is 6.00. The average Bonchev–Trinajstić information content (AvgIpc) is 2.94. The van der Waals surface area contributed by atoms with Gasteiger partial charge in [0.05, 0.1) is 0 Å². The van der Waals surface area contributed by atoms with Crippen molar-refractivity contribution >= 4 is 23.2 Å². The van der Waals surface area contributed by atoms with E-state index in [1.165, 1.54) is 5.56 Å². The summed E-state index contributed by atoms with van der Waals surface area (Å²) in [6.45, 7) is 3.81. The van der Waals surface area contributed by atoms with E-state index in [0.29, 0.717) is 24.5 Å². The highest BCUT2D eigenvalue weighted by Gasteiger charge is 2.23. The lowest BCUT2D eigenvalue weighted by molar-refractivity contribution is -0.135. The fourth-order valence-corrected chi connectivity index (χ4v) is 4.83. The van der Waals surface area contributed by atoms with E-state index >= 15 is 0 Å². The van der Waals surface area contributed by atoms with Crippen molar-refractivity contribution in [2.24, 2.45) is 0 Å². The molecule has 0 bridgehead atoms. The van der Waals surface area contributed by atoms with Crippen LogP contribution >= 0.6 is 11.6 Å². The molecule has 6 heteroatoms. The van der Waals surface area contributed by atoms with Crippen molar-refractivity contribution in [3.05, 3.63) is 108 Å². The van der Waals surface area contributed by atoms with Gasteiger partial charge >= 0.3 is 0 Å². The molecule has 0 spiro atoms. The first-order valence-electron chi connectivity index (χ1n) is 12.5. The second kappa shape index (κ2) is 11.5. The van der Waals surface area contributed by atoms with Crippen molar-refractivity contribution in [2.45, 2.75) is 6.54 Å². The predicted octanol–water partition coefficient (Wildman–Crippen LogP) is 5.98. The Bertz CT molecular complexity index is 1280. The molecule has 0 unspecified atom stereocenters. The number of hydrogen-bond donors (Lipinski definition) is 1. The lowest BCUT2D eigenvalue weighted by atomic mass is 9.96. The molecule has 5 nitrogen and oxygen atoms in total. The van der Waals surface area contributed by atoms with E-state index in [1.807, 2.05) is 89.8 Å². The summed E-state index contributed by atoms with van der Waals surface area (Å²) in [5.74, 6) is 0.655. The van der Waals surface area contributed by atoms with Crippen LogP contribution in [0.25, 0.3) is 22.3 Å². The highest BCUT2D eigenvalue weighted by atomic mass is 35.5. The zero-order valence-electron chi connectivity index (χ0n) is 20.6. The molecule has 0 radical (unpaired) electrons. The number of carbonyl (C=O) groups excluding carboxylic acids is 1. The van der Waals surface area contributed by atoms with Crippen molar-refractivity contribution < 1.29 is 9.53 Å². The first-order chi connectivity index (χ1) is 18.1. The Morgan fingerprint density at radius 2 is 1.32 bits per heavy atom. The van der Waals surface area contributed by atoms with Crippen LogP contribution in [0.15, 0.2) is 97.1 Å². The fourth-order valence-electron chi connectivity index (χ4n) is 4.70. The molecule has 1 amide bonds. The van der Waals surface area contributed by atoms with Crippen LogP contribution in [0.3, 0.4) is 0 Å². The van der Waals surface area contributed by atoms with E-state index in [-0.39, 0.29) is 12.5 Å². The van der Waals surface area contributed by atoms with Gasteiger partial charge in [-0.25, -0.2) is 0 Å². The van der Waals surface area contributed by atoms with Crippen LogP contribution in [-0.2, 0) is 11.3 Å². The van der Waals surface area contributed by atoms with Gasteiger partial charge in [-0.2, -0.15) is 0 Å². The number of ether oxygens (including phenoxy) is 1. The van der Waals surface area contributed by atoms with Gasteiger partial charge in [0.1, 0.15) is 5.75 Å². The molecule has 1 heterocycles. The molecule has 1 saturated heterocycles. The standard InChI is InChI=1S/C31H30ClN3O2/c32-26-13-11-23(12-14-26)21-34-15-17-35(18-16-34)30(36)22-37-31-28(24-7-3-1-4-8-24)19-27(33)20-29(31)25-9-5-2-6-10-25/h1-14,19-20H,15-18,21-22,33H2. The van der Waals surface area contributed by atoms with E-state index in [9.17, 15) is 4.79 Å². The summed E-state index contributed by atoms with van der Waals surface area (Å²) < 4.78 is 6.31. The third kappa shape index (κ3) is 6.13. The number of hydrogen-bond acceptors (Lipinski definition) is 4. The van der Waals surface area contributed by atoms with Gasteiger partial charge in [-0.15, -0.1) is 0 Å². The monoisotopic (exact) mass is 511 g/mol. The van der Waals surface area contributed by atoms with Gasteiger partial charge in [0.25, 0.3) is 5.91 Å². The summed E-state index contributed by atoms with van der Waals surface area (Å²) in [4.78, 5) is 17.4. The molecule has 0 aliphatic carbocycles. The quantitative estimate of drug-likeness (QED) is 0.310. The maximum absolute atomic E-state index is 13.2. The Balaban J connectivity index is 1.30. The number of nitrogens with two attached hydrogens (primary N) is 1. The smallest absolute Gasteiger partial charge is 0.260 e. The summed E-state index contributed by atoms with van der Waals surface area (Å²) in [7, 11) is 0. The minimum Gasteiger partial charge on any atom is -0.482 e. The van der Waals surface area contributed by atoms with Gasteiger partial charge in [0, 0.05) is 54.6 Å². The van der Waals surface area contributed by atoms with Crippen LogP contribution in [-0.4, -0.2) is 48.5 Å². The molecule has 0 atom stereocenters. The Morgan fingerprint density at radius 3 is 1.86 bits per heavy atom. The SMILES string of the molecule is Nc1cc(-c2ccccc2)c(OCC(=O)N2CCN(Cc3ccc(Cl)cc3)CC2)c(-c2ccccc2)c1. The van der Waals surface area contributed by atoms with Crippen molar-refractivity contribution in [3.63, 3.8) is 0 Å². The van der Waals surface area contributed by atoms with E-state index in [4.69, 9.17) is 22.1 Å². The van der Waals surface area contributed by atoms with Gasteiger partial charge < -0.3 is 15.4 Å². The van der Waals surface area contributed by atoms with E-state index in [1.54, 1.807) is 0 Å². The molecule has 1 fully saturated rings. The highest BCUT2D eigenvalue weighted by Crippen LogP contribution is 2.41. The van der Waals surface area contributed by atoms with Crippen molar-refractivity contribution in [1.82, 2.24) is 9.80 Å². The maximum Gasteiger partial charge on any atom is 0.260 e. The Labute approximate surface area is 223 Å². The molecule has 4 aromatic rings. The lowest BCUT2D eigenvalue weighted by Crippen LogP contribution is -2.49. The van der Waals surface area contributed by atoms with E-state index < -0.39 is 0 Å². The first-order valence-corrected chi connectivity index (χ1v) is 12.9. The minimum absolute atomic E-state index is 0.0130. The van der Waals surface area contributed by atoms with Crippen molar-refractivity contribution in [1.29, 1.82) is 0 Å². The highest BCUT2D eigenvalue weighted by molar-refractivity contribution is 6.30. The molecule has 188 valence electrons. The number of halogens is 1. The second-order valence-electron chi connectivity index (χ2n) is 9.25. The van der Waals surface area contributed by atoms with Crippen LogP contribution in [0.4, 0.5) is 5.69 Å². The molecule has 37 heavy (non-hydrogen) atoms. The number of benzene rings is 4. The van der Waals surface area contributed by atoms with E-state index in [2.05, 4.69) is 17.0 Å². The molecule has 2 N–H and O–H groups in total. The summed E-state index contributed by atoms with van der Waals surface area (Å²) in [5, 5.41) is 0.742. The number of piperazine rings is 1. The van der Waals surface area contributed by atoms with Crippen LogP contribution in [0, 0.1) is 0 Å². The Kier molecular flexibility index (Phi) is 7.73. The van der Waals surface area contributed by atoms with E-state index in [0.717, 1.165) is 46.9 Å². The number of nitrogens with zero attached hydrogens (tertiary/aromatic N) is 2. The lowest BCUT2D eigenvalue weighted by Gasteiger charge is -2.34. The first kappa shape index (κ1) is 24.9. The van der Waals surface area contributed by atoms with Gasteiger partial charge in [0.15, 0.2) is 6.61 Å². The van der Waals surface area contributed by atoms with Gasteiger partial charge in [-0.3, -0.25) is 9.69 Å². The number of carbonyl (C=O) groups is 1. The molecule has 1 aliphatic heterocycles. The molecule has 4 aromatic carbocycles. The molecule has 0 saturated carbocycles. The number of anilines is 1. The molecular formula is C31H30ClN3O2. The van der Waals surface area contributed by atoms with Crippen LogP contribution in [0.1, 0.15) is 5.56 Å². The van der Waals surface area contributed by atoms with Crippen molar-refractivity contribution in [2.75, 3.05) is 38.5 Å². The molecule has 0 aromatic heterocycles. The number of rotatable bonds is 7. The van der Waals surface area contributed by atoms with Gasteiger partial charge in [-0.1, -0.05) is 84.4 Å². The molecular weight excluding hydrogens is 482 g/mol. The van der Waals surface area contributed by atoms with Crippen LogP contribution in [0.2, 0.25) is 5.02 Å². The summed E-state index contributed by atoms with van der Waals surface area (Å²) in [6.07, 6.45) is 0. The zero-order chi connectivity index (χ0) is 25.6. The normalized spacial score (nSPS) is 13.9. The maximum atomic E-state index is 13.2. The number of nitrogen functional groups attached to an aromatic ring is 1. The second-order valence-corrected chi connectivity index (χ2v) is 9.69.